The molecule has 4 aromatic rings. The van der Waals surface area contributed by atoms with Gasteiger partial charge in [0.1, 0.15) is 17.5 Å². The second kappa shape index (κ2) is 9.64. The van der Waals surface area contributed by atoms with Gasteiger partial charge in [0.2, 0.25) is 5.95 Å². The second-order valence-corrected chi connectivity index (χ2v) is 10.4. The van der Waals surface area contributed by atoms with Crippen LogP contribution in [0, 0.1) is 18.3 Å². The number of fused-ring (bicyclic) bond motifs is 2. The van der Waals surface area contributed by atoms with Gasteiger partial charge in [0.25, 0.3) is 11.8 Å². The number of anilines is 3. The van der Waals surface area contributed by atoms with E-state index in [4.69, 9.17) is 10.7 Å². The first-order chi connectivity index (χ1) is 19.3. The molecule has 40 heavy (non-hydrogen) atoms. The number of nitrogen functional groups attached to an aromatic ring is 1. The minimum atomic E-state index is -0.347. The van der Waals surface area contributed by atoms with E-state index >= 15 is 0 Å². The van der Waals surface area contributed by atoms with Crippen LogP contribution >= 0.6 is 0 Å². The topological polar surface area (TPSA) is 146 Å². The summed E-state index contributed by atoms with van der Waals surface area (Å²) < 4.78 is 2.02. The van der Waals surface area contributed by atoms with Crippen molar-refractivity contribution in [2.75, 3.05) is 29.0 Å². The summed E-state index contributed by atoms with van der Waals surface area (Å²) in [6.07, 6.45) is 3.50. The largest absolute Gasteiger partial charge is 0.368 e. The molecule has 6 rings (SSSR count). The highest BCUT2D eigenvalue weighted by molar-refractivity contribution is 6.21. The van der Waals surface area contributed by atoms with Crippen LogP contribution in [0.15, 0.2) is 42.6 Å². The van der Waals surface area contributed by atoms with Gasteiger partial charge in [-0.15, -0.1) is 0 Å². The van der Waals surface area contributed by atoms with Crippen LogP contribution in [0.4, 0.5) is 17.5 Å². The van der Waals surface area contributed by atoms with Crippen LogP contribution in [0.5, 0.6) is 0 Å². The van der Waals surface area contributed by atoms with Gasteiger partial charge in [0.05, 0.1) is 51.3 Å². The molecule has 1 fully saturated rings. The number of nitriles is 1. The molecule has 11 heteroatoms. The number of nitrogens with one attached hydrogen (secondary N) is 1. The molecule has 0 saturated carbocycles. The van der Waals surface area contributed by atoms with Gasteiger partial charge in [-0.2, -0.15) is 10.2 Å². The number of carbonyl (C=O) groups excluding carboxylic acids is 2. The molecule has 2 amide bonds. The molecule has 11 nitrogen and oxygen atoms in total. The van der Waals surface area contributed by atoms with Crippen LogP contribution in [-0.4, -0.2) is 55.4 Å². The number of aromatic nitrogens is 4. The average molecular weight is 536 g/mol. The molecule has 0 aliphatic carbocycles. The minimum Gasteiger partial charge on any atom is -0.368 e. The number of pyridine rings is 1. The molecule has 0 bridgehead atoms. The minimum absolute atomic E-state index is 0.0812. The van der Waals surface area contributed by atoms with Gasteiger partial charge in [-0.1, -0.05) is 12.1 Å². The van der Waals surface area contributed by atoms with Gasteiger partial charge in [-0.3, -0.25) is 14.5 Å². The summed E-state index contributed by atoms with van der Waals surface area (Å²) in [5, 5.41) is 13.1. The van der Waals surface area contributed by atoms with Crippen LogP contribution in [0.2, 0.25) is 0 Å². The number of nitrogens with zero attached hydrogens (tertiary/aromatic N) is 7. The molecule has 0 spiro atoms. The van der Waals surface area contributed by atoms with Gasteiger partial charge in [0, 0.05) is 26.3 Å². The van der Waals surface area contributed by atoms with E-state index in [-0.39, 0.29) is 29.8 Å². The number of rotatable bonds is 5. The summed E-state index contributed by atoms with van der Waals surface area (Å²) in [5.74, 6) is -0.0416. The first-order valence-electron chi connectivity index (χ1n) is 13.3. The Kier molecular flexibility index (Phi) is 6.10. The van der Waals surface area contributed by atoms with Crippen LogP contribution in [0.3, 0.4) is 0 Å². The molecule has 5 heterocycles. The molecule has 1 aromatic carbocycles. The summed E-state index contributed by atoms with van der Waals surface area (Å²) in [5.41, 5.74) is 11.1. The fourth-order valence-electron chi connectivity index (χ4n) is 5.79. The van der Waals surface area contributed by atoms with Crippen LogP contribution in [0.1, 0.15) is 63.5 Å². The molecule has 3 aromatic heterocycles. The summed E-state index contributed by atoms with van der Waals surface area (Å²) >= 11 is 0. The second-order valence-electron chi connectivity index (χ2n) is 10.4. The standard InChI is InChI=1S/C29H29N9O2/c1-16-21(14-30)26(35-29(31)33-16)32-17(2)25-24(13-23-22(34-25)10-12-36(23)3)37-11-6-7-18(15-37)38-27(39)19-8-4-5-9-20(19)28(38)40/h4-5,8-10,12-13,17-18H,6-7,11,15H2,1-3H3,(H3,31,32,33,35)/t17-,18?/m0/s1. The molecule has 0 radical (unpaired) electrons. The van der Waals surface area contributed by atoms with Gasteiger partial charge < -0.3 is 20.5 Å². The third kappa shape index (κ3) is 4.09. The fraction of sp³-hybridized carbons (Fsp3) is 0.310. The number of amides is 2. The SMILES string of the molecule is Cc1nc(N)nc(N[C@@H](C)c2nc3ccn(C)c3cc2N2CCCC(N3C(=O)c4ccccc4C3=O)C2)c1C#N. The van der Waals surface area contributed by atoms with Crippen LogP contribution in [0.25, 0.3) is 11.0 Å². The Balaban J connectivity index is 1.36. The Morgan fingerprint density at radius 3 is 2.55 bits per heavy atom. The maximum atomic E-state index is 13.2. The van der Waals surface area contributed by atoms with Crippen LogP contribution in [-0.2, 0) is 7.05 Å². The van der Waals surface area contributed by atoms with E-state index < -0.39 is 0 Å². The lowest BCUT2D eigenvalue weighted by Crippen LogP contribution is -2.50. The fourth-order valence-corrected chi connectivity index (χ4v) is 5.79. The number of hydrogen-bond donors (Lipinski definition) is 2. The number of carbonyl (C=O) groups is 2. The summed E-state index contributed by atoms with van der Waals surface area (Å²) in [7, 11) is 1.97. The molecule has 1 saturated heterocycles. The van der Waals surface area contributed by atoms with Crippen molar-refractivity contribution in [1.82, 2.24) is 24.4 Å². The molecular weight excluding hydrogens is 506 g/mol. The van der Waals surface area contributed by atoms with Crippen LogP contribution < -0.4 is 16.0 Å². The predicted octanol–water partition coefficient (Wildman–Crippen LogP) is 3.56. The van der Waals surface area contributed by atoms with Crippen molar-refractivity contribution >= 4 is 40.3 Å². The van der Waals surface area contributed by atoms with Gasteiger partial charge in [-0.25, -0.2) is 9.97 Å². The smallest absolute Gasteiger partial charge is 0.261 e. The Labute approximate surface area is 231 Å². The van der Waals surface area contributed by atoms with Crippen molar-refractivity contribution in [3.05, 3.63) is 70.7 Å². The van der Waals surface area contributed by atoms with Crippen molar-refractivity contribution < 1.29 is 9.59 Å². The molecule has 2 aliphatic heterocycles. The maximum Gasteiger partial charge on any atom is 0.261 e. The number of hydrogen-bond acceptors (Lipinski definition) is 9. The number of nitrogens with two attached hydrogens (primary N) is 1. The van der Waals surface area contributed by atoms with Crippen molar-refractivity contribution in [3.8, 4) is 6.07 Å². The Hall–Kier alpha value is -4.98. The molecule has 202 valence electrons. The van der Waals surface area contributed by atoms with E-state index in [9.17, 15) is 14.9 Å². The van der Waals surface area contributed by atoms with Crippen molar-refractivity contribution in [1.29, 1.82) is 5.26 Å². The normalized spacial score (nSPS) is 17.7. The molecule has 2 atom stereocenters. The van der Waals surface area contributed by atoms with E-state index in [1.807, 2.05) is 30.8 Å². The zero-order chi connectivity index (χ0) is 28.1. The number of benzene rings is 1. The number of imide groups is 1. The Morgan fingerprint density at radius 1 is 1.12 bits per heavy atom. The summed E-state index contributed by atoms with van der Waals surface area (Å²) in [6, 6.07) is 12.6. The highest BCUT2D eigenvalue weighted by Gasteiger charge is 2.41. The molecular formula is C29H29N9O2. The first kappa shape index (κ1) is 25.3. The Bertz CT molecular complexity index is 1690. The molecule has 2 aliphatic rings. The maximum absolute atomic E-state index is 13.2. The van der Waals surface area contributed by atoms with Gasteiger partial charge >= 0.3 is 0 Å². The monoisotopic (exact) mass is 535 g/mol. The first-order valence-corrected chi connectivity index (χ1v) is 13.3. The van der Waals surface area contributed by atoms with Gasteiger partial charge in [-0.05, 0) is 51.0 Å². The van der Waals surface area contributed by atoms with Crippen molar-refractivity contribution in [3.63, 3.8) is 0 Å². The predicted molar refractivity (Wildman–Crippen MR) is 151 cm³/mol. The number of piperidine rings is 1. The van der Waals surface area contributed by atoms with E-state index in [1.165, 1.54) is 4.90 Å². The van der Waals surface area contributed by atoms with E-state index in [1.54, 1.807) is 31.2 Å². The lowest BCUT2D eigenvalue weighted by atomic mass is 10.0. The van der Waals surface area contributed by atoms with Crippen molar-refractivity contribution in [2.24, 2.45) is 7.05 Å². The molecule has 3 N–H and O–H groups in total. The lowest BCUT2D eigenvalue weighted by molar-refractivity contribution is 0.0570. The zero-order valence-electron chi connectivity index (χ0n) is 22.5. The highest BCUT2D eigenvalue weighted by atomic mass is 16.2. The van der Waals surface area contributed by atoms with Gasteiger partial charge in [0.15, 0.2) is 0 Å². The quantitative estimate of drug-likeness (QED) is 0.366. The third-order valence-corrected chi connectivity index (χ3v) is 7.79. The Morgan fingerprint density at radius 2 is 1.85 bits per heavy atom. The van der Waals surface area contributed by atoms with E-state index in [2.05, 4.69) is 32.3 Å². The summed E-state index contributed by atoms with van der Waals surface area (Å²) in [6.45, 7) is 4.92. The molecule has 1 unspecified atom stereocenters. The summed E-state index contributed by atoms with van der Waals surface area (Å²) in [4.78, 5) is 43.5. The number of aryl methyl sites for hydroxylation is 2. The average Bonchev–Trinajstić information content (AvgIpc) is 3.43. The van der Waals surface area contributed by atoms with E-state index in [0.717, 1.165) is 41.8 Å². The zero-order valence-corrected chi connectivity index (χ0v) is 22.5. The van der Waals surface area contributed by atoms with Crippen molar-refractivity contribution in [2.45, 2.75) is 38.8 Å². The highest BCUT2D eigenvalue weighted by Crippen LogP contribution is 2.35. The van der Waals surface area contributed by atoms with E-state index in [0.29, 0.717) is 34.7 Å². The third-order valence-electron chi connectivity index (χ3n) is 7.79. The lowest BCUT2D eigenvalue weighted by Gasteiger charge is -2.39.